The lowest BCUT2D eigenvalue weighted by Gasteiger charge is -2.04. The zero-order valence-electron chi connectivity index (χ0n) is 11.8. The number of amides is 1. The van der Waals surface area contributed by atoms with Crippen LogP contribution in [0.15, 0.2) is 30.3 Å². The summed E-state index contributed by atoms with van der Waals surface area (Å²) in [5, 5.41) is 11.9. The van der Waals surface area contributed by atoms with E-state index in [1.54, 1.807) is 11.3 Å². The fourth-order valence-electron chi connectivity index (χ4n) is 2.01. The molecule has 20 heavy (non-hydrogen) atoms. The molecule has 0 spiro atoms. The molecule has 1 aromatic heterocycles. The van der Waals surface area contributed by atoms with Crippen LogP contribution < -0.4 is 5.32 Å². The van der Waals surface area contributed by atoms with Crippen molar-refractivity contribution in [3.63, 3.8) is 0 Å². The van der Waals surface area contributed by atoms with Gasteiger partial charge in [0.15, 0.2) is 0 Å². The van der Waals surface area contributed by atoms with Gasteiger partial charge in [0.05, 0.1) is 11.5 Å². The van der Waals surface area contributed by atoms with E-state index < -0.39 is 0 Å². The van der Waals surface area contributed by atoms with Crippen LogP contribution in [-0.4, -0.2) is 11.0 Å². The van der Waals surface area contributed by atoms with E-state index in [2.05, 4.69) is 12.2 Å². The molecule has 0 aliphatic heterocycles. The van der Waals surface area contributed by atoms with Crippen molar-refractivity contribution < 1.29 is 9.90 Å². The van der Waals surface area contributed by atoms with Crippen LogP contribution >= 0.6 is 11.3 Å². The normalized spacial score (nSPS) is 10.6. The molecule has 2 N–H and O–H groups in total. The van der Waals surface area contributed by atoms with Gasteiger partial charge in [-0.2, -0.15) is 0 Å². The maximum absolute atomic E-state index is 12.1. The van der Waals surface area contributed by atoms with Crippen molar-refractivity contribution in [3.8, 4) is 0 Å². The van der Waals surface area contributed by atoms with Crippen LogP contribution in [0, 0.1) is 6.92 Å². The second kappa shape index (κ2) is 6.68. The van der Waals surface area contributed by atoms with Gasteiger partial charge in [-0.3, -0.25) is 4.79 Å². The predicted molar refractivity (Wildman–Crippen MR) is 82.0 cm³/mol. The monoisotopic (exact) mass is 289 g/mol. The topological polar surface area (TPSA) is 49.3 Å². The molecule has 0 fully saturated rings. The third kappa shape index (κ3) is 3.46. The SMILES string of the molecule is CCc1sc(C(=O)NCc2ccc(CO)cc2)cc1C. The first kappa shape index (κ1) is 14.8. The van der Waals surface area contributed by atoms with Crippen LogP contribution in [0.5, 0.6) is 0 Å². The van der Waals surface area contributed by atoms with E-state index in [-0.39, 0.29) is 12.5 Å². The van der Waals surface area contributed by atoms with Crippen molar-refractivity contribution in [1.82, 2.24) is 5.32 Å². The quantitative estimate of drug-likeness (QED) is 0.889. The van der Waals surface area contributed by atoms with E-state index in [9.17, 15) is 4.79 Å². The van der Waals surface area contributed by atoms with E-state index in [1.165, 1.54) is 10.4 Å². The van der Waals surface area contributed by atoms with Crippen molar-refractivity contribution in [3.05, 3.63) is 56.8 Å². The number of nitrogens with one attached hydrogen (secondary N) is 1. The van der Waals surface area contributed by atoms with Crippen LogP contribution in [0.2, 0.25) is 0 Å². The Morgan fingerprint density at radius 1 is 1.25 bits per heavy atom. The molecule has 2 rings (SSSR count). The number of rotatable bonds is 5. The van der Waals surface area contributed by atoms with E-state index in [1.807, 2.05) is 37.3 Å². The van der Waals surface area contributed by atoms with Crippen molar-refractivity contribution in [2.75, 3.05) is 0 Å². The fraction of sp³-hybridized carbons (Fsp3) is 0.312. The number of carbonyl (C=O) groups excluding carboxylic acids is 1. The lowest BCUT2D eigenvalue weighted by Crippen LogP contribution is -2.21. The van der Waals surface area contributed by atoms with Crippen LogP contribution in [0.3, 0.4) is 0 Å². The van der Waals surface area contributed by atoms with E-state index in [4.69, 9.17) is 5.11 Å². The van der Waals surface area contributed by atoms with Gasteiger partial charge in [-0.1, -0.05) is 31.2 Å². The summed E-state index contributed by atoms with van der Waals surface area (Å²) in [4.78, 5) is 14.1. The molecule has 0 bridgehead atoms. The summed E-state index contributed by atoms with van der Waals surface area (Å²) >= 11 is 1.56. The summed E-state index contributed by atoms with van der Waals surface area (Å²) < 4.78 is 0. The smallest absolute Gasteiger partial charge is 0.261 e. The van der Waals surface area contributed by atoms with Crippen LogP contribution in [0.4, 0.5) is 0 Å². The second-order valence-electron chi connectivity index (χ2n) is 4.73. The van der Waals surface area contributed by atoms with Gasteiger partial charge in [-0.05, 0) is 36.1 Å². The molecule has 0 saturated carbocycles. The van der Waals surface area contributed by atoms with Crippen LogP contribution in [-0.2, 0) is 19.6 Å². The summed E-state index contributed by atoms with van der Waals surface area (Å²) in [5.41, 5.74) is 3.09. The fourth-order valence-corrected chi connectivity index (χ4v) is 3.04. The molecule has 0 unspecified atom stereocenters. The summed E-state index contributed by atoms with van der Waals surface area (Å²) in [6.45, 7) is 4.69. The van der Waals surface area contributed by atoms with Gasteiger partial charge < -0.3 is 10.4 Å². The Kier molecular flexibility index (Phi) is 4.93. The minimum Gasteiger partial charge on any atom is -0.392 e. The molecule has 0 aliphatic carbocycles. The van der Waals surface area contributed by atoms with Crippen molar-refractivity contribution in [1.29, 1.82) is 0 Å². The average Bonchev–Trinajstić information content (AvgIpc) is 2.86. The number of aliphatic hydroxyl groups is 1. The molecular formula is C16H19NO2S. The number of hydrogen-bond donors (Lipinski definition) is 2. The van der Waals surface area contributed by atoms with Crippen molar-refractivity contribution >= 4 is 17.2 Å². The minimum atomic E-state index is -0.0240. The lowest BCUT2D eigenvalue weighted by atomic mass is 10.1. The summed E-state index contributed by atoms with van der Waals surface area (Å²) in [6.07, 6.45) is 0.965. The third-order valence-corrected chi connectivity index (χ3v) is 4.60. The van der Waals surface area contributed by atoms with Crippen LogP contribution in [0.25, 0.3) is 0 Å². The number of benzene rings is 1. The highest BCUT2D eigenvalue weighted by atomic mass is 32.1. The minimum absolute atomic E-state index is 0.0240. The molecule has 0 saturated heterocycles. The van der Waals surface area contributed by atoms with E-state index >= 15 is 0 Å². The third-order valence-electron chi connectivity index (χ3n) is 3.22. The highest BCUT2D eigenvalue weighted by molar-refractivity contribution is 7.14. The molecule has 2 aromatic rings. The van der Waals surface area contributed by atoms with Crippen molar-refractivity contribution in [2.24, 2.45) is 0 Å². The molecule has 3 nitrogen and oxygen atoms in total. The Labute approximate surface area is 123 Å². The summed E-state index contributed by atoms with van der Waals surface area (Å²) in [7, 11) is 0. The standard InChI is InChI=1S/C16H19NO2S/c1-3-14-11(2)8-15(20-14)16(19)17-9-12-4-6-13(10-18)7-5-12/h4-8,18H,3,9-10H2,1-2H3,(H,17,19). The zero-order chi connectivity index (χ0) is 14.5. The Bertz CT molecular complexity index is 587. The van der Waals surface area contributed by atoms with Gasteiger partial charge in [0, 0.05) is 11.4 Å². The summed E-state index contributed by atoms with van der Waals surface area (Å²) in [6, 6.07) is 9.53. The van der Waals surface area contributed by atoms with Gasteiger partial charge in [-0.25, -0.2) is 0 Å². The second-order valence-corrected chi connectivity index (χ2v) is 5.86. The molecule has 1 heterocycles. The van der Waals surface area contributed by atoms with Gasteiger partial charge in [-0.15, -0.1) is 11.3 Å². The molecule has 0 aliphatic rings. The van der Waals surface area contributed by atoms with Gasteiger partial charge in [0.1, 0.15) is 0 Å². The highest BCUT2D eigenvalue weighted by Gasteiger charge is 2.11. The van der Waals surface area contributed by atoms with E-state index in [0.29, 0.717) is 6.54 Å². The maximum atomic E-state index is 12.1. The Morgan fingerprint density at radius 3 is 2.45 bits per heavy atom. The first-order valence-electron chi connectivity index (χ1n) is 6.70. The molecule has 106 valence electrons. The number of hydrogen-bond acceptors (Lipinski definition) is 3. The van der Waals surface area contributed by atoms with Gasteiger partial charge in [0.2, 0.25) is 0 Å². The first-order chi connectivity index (χ1) is 9.63. The highest BCUT2D eigenvalue weighted by Crippen LogP contribution is 2.22. The number of thiophene rings is 1. The molecule has 1 amide bonds. The van der Waals surface area contributed by atoms with Gasteiger partial charge >= 0.3 is 0 Å². The van der Waals surface area contributed by atoms with Gasteiger partial charge in [0.25, 0.3) is 5.91 Å². The Morgan fingerprint density at radius 2 is 1.90 bits per heavy atom. The zero-order valence-corrected chi connectivity index (χ0v) is 12.6. The van der Waals surface area contributed by atoms with Crippen molar-refractivity contribution in [2.45, 2.75) is 33.4 Å². The maximum Gasteiger partial charge on any atom is 0.261 e. The number of aliphatic hydroxyl groups excluding tert-OH is 1. The molecule has 4 heteroatoms. The molecule has 1 aromatic carbocycles. The number of aryl methyl sites for hydroxylation is 2. The summed E-state index contributed by atoms with van der Waals surface area (Å²) in [5.74, 6) is -0.0240. The lowest BCUT2D eigenvalue weighted by molar-refractivity contribution is 0.0955. The predicted octanol–water partition coefficient (Wildman–Crippen LogP) is 3.04. The Balaban J connectivity index is 1.96. The average molecular weight is 289 g/mol. The molecular weight excluding hydrogens is 270 g/mol. The number of carbonyl (C=O) groups is 1. The first-order valence-corrected chi connectivity index (χ1v) is 7.52. The molecule has 0 radical (unpaired) electrons. The largest absolute Gasteiger partial charge is 0.392 e. The molecule has 0 atom stereocenters. The Hall–Kier alpha value is -1.65. The van der Waals surface area contributed by atoms with E-state index in [0.717, 1.165) is 22.4 Å². The van der Waals surface area contributed by atoms with Crippen LogP contribution in [0.1, 0.15) is 38.2 Å².